The molecular weight excluding hydrogens is 274 g/mol. The minimum atomic E-state index is -0.269. The van der Waals surface area contributed by atoms with Gasteiger partial charge in [0.15, 0.2) is 0 Å². The van der Waals surface area contributed by atoms with Gasteiger partial charge in [0.05, 0.1) is 11.9 Å². The lowest BCUT2D eigenvalue weighted by Gasteiger charge is -2.20. The van der Waals surface area contributed by atoms with Crippen LogP contribution < -0.4 is 10.6 Å². The largest absolute Gasteiger partial charge is 0.354 e. The van der Waals surface area contributed by atoms with Crippen LogP contribution >= 0.6 is 0 Å². The van der Waals surface area contributed by atoms with Crippen LogP contribution in [0.15, 0.2) is 36.5 Å². The predicted octanol–water partition coefficient (Wildman–Crippen LogP) is 3.97. The molecule has 0 fully saturated rings. The average molecular weight is 297 g/mol. The number of nitrogens with zero attached hydrogens (tertiary/aromatic N) is 1. The Kier molecular flexibility index (Phi) is 4.50. The van der Waals surface area contributed by atoms with E-state index in [2.05, 4.69) is 41.6 Å². The molecule has 2 N–H and O–H groups in total. The lowest BCUT2D eigenvalue weighted by Crippen LogP contribution is -2.40. The monoisotopic (exact) mass is 297 g/mol. The first-order chi connectivity index (χ1) is 10.2. The zero-order chi connectivity index (χ0) is 16.3. The highest BCUT2D eigenvalue weighted by Gasteiger charge is 2.16. The molecule has 116 valence electrons. The molecule has 0 aliphatic carbocycles. The van der Waals surface area contributed by atoms with Crippen LogP contribution in [0.25, 0.3) is 0 Å². The van der Waals surface area contributed by atoms with Crippen LogP contribution in [0.1, 0.15) is 42.4 Å². The summed E-state index contributed by atoms with van der Waals surface area (Å²) in [4.78, 5) is 16.3. The Morgan fingerprint density at radius 2 is 1.82 bits per heavy atom. The molecule has 0 spiro atoms. The summed E-state index contributed by atoms with van der Waals surface area (Å²) in [6, 6.07) is 9.83. The summed E-state index contributed by atoms with van der Waals surface area (Å²) in [5.74, 6) is -0.162. The van der Waals surface area contributed by atoms with Crippen molar-refractivity contribution >= 4 is 17.3 Å². The Labute approximate surface area is 132 Å². The second-order valence-electron chi connectivity index (χ2n) is 6.58. The van der Waals surface area contributed by atoms with Gasteiger partial charge in [0.1, 0.15) is 5.69 Å². The van der Waals surface area contributed by atoms with Gasteiger partial charge in [0.25, 0.3) is 5.91 Å². The molecule has 0 bridgehead atoms. The zero-order valence-electron chi connectivity index (χ0n) is 13.8. The van der Waals surface area contributed by atoms with Crippen molar-refractivity contribution in [3.05, 3.63) is 53.3 Å². The standard InChI is InChI=1S/C18H23N3O/c1-12-6-8-15(13(2)10-12)20-14-7-9-16(19-11-14)17(22)21-18(3,4)5/h6-11,20H,1-5H3,(H,21,22). The summed E-state index contributed by atoms with van der Waals surface area (Å²) in [5, 5.41) is 6.22. The molecule has 2 rings (SSSR count). The minimum Gasteiger partial charge on any atom is -0.354 e. The summed E-state index contributed by atoms with van der Waals surface area (Å²) in [6.07, 6.45) is 1.68. The third-order valence-electron chi connectivity index (χ3n) is 3.15. The van der Waals surface area contributed by atoms with Crippen LogP contribution in [-0.4, -0.2) is 16.4 Å². The van der Waals surface area contributed by atoms with Crippen LogP contribution in [0.4, 0.5) is 11.4 Å². The Morgan fingerprint density at radius 3 is 2.36 bits per heavy atom. The zero-order valence-corrected chi connectivity index (χ0v) is 13.8. The van der Waals surface area contributed by atoms with E-state index in [1.807, 2.05) is 32.9 Å². The molecule has 1 aromatic heterocycles. The molecule has 0 saturated carbocycles. The maximum atomic E-state index is 12.0. The molecule has 0 aliphatic rings. The highest BCUT2D eigenvalue weighted by atomic mass is 16.2. The third-order valence-corrected chi connectivity index (χ3v) is 3.15. The summed E-state index contributed by atoms with van der Waals surface area (Å²) in [5.41, 5.74) is 4.46. The molecule has 0 radical (unpaired) electrons. The molecule has 0 aliphatic heterocycles. The fraction of sp³-hybridized carbons (Fsp3) is 0.333. The Morgan fingerprint density at radius 1 is 1.09 bits per heavy atom. The Bertz CT molecular complexity index is 670. The van der Waals surface area contributed by atoms with E-state index in [1.54, 1.807) is 12.3 Å². The van der Waals surface area contributed by atoms with Gasteiger partial charge in [-0.15, -0.1) is 0 Å². The number of pyridine rings is 1. The number of hydrogen-bond donors (Lipinski definition) is 2. The topological polar surface area (TPSA) is 54.0 Å². The second-order valence-corrected chi connectivity index (χ2v) is 6.58. The van der Waals surface area contributed by atoms with Crippen LogP contribution in [0.2, 0.25) is 0 Å². The smallest absolute Gasteiger partial charge is 0.270 e. The summed E-state index contributed by atoms with van der Waals surface area (Å²) < 4.78 is 0. The van der Waals surface area contributed by atoms with Gasteiger partial charge in [-0.3, -0.25) is 4.79 Å². The molecule has 2 aromatic rings. The van der Waals surface area contributed by atoms with Crippen LogP contribution in [0.3, 0.4) is 0 Å². The molecule has 22 heavy (non-hydrogen) atoms. The van der Waals surface area contributed by atoms with Crippen LogP contribution in [-0.2, 0) is 0 Å². The highest BCUT2D eigenvalue weighted by molar-refractivity contribution is 5.93. The number of aromatic nitrogens is 1. The third kappa shape index (κ3) is 4.32. The quantitative estimate of drug-likeness (QED) is 0.901. The minimum absolute atomic E-state index is 0.162. The SMILES string of the molecule is Cc1ccc(Nc2ccc(C(=O)NC(C)(C)C)nc2)c(C)c1. The number of anilines is 2. The van der Waals surface area contributed by atoms with Gasteiger partial charge in [0.2, 0.25) is 0 Å². The van der Waals surface area contributed by atoms with E-state index in [4.69, 9.17) is 0 Å². The van der Waals surface area contributed by atoms with Crippen molar-refractivity contribution < 1.29 is 4.79 Å². The van der Waals surface area contributed by atoms with Crippen molar-refractivity contribution in [1.29, 1.82) is 0 Å². The van der Waals surface area contributed by atoms with E-state index in [0.717, 1.165) is 11.4 Å². The normalized spacial score (nSPS) is 11.1. The lowest BCUT2D eigenvalue weighted by molar-refractivity contribution is 0.0914. The van der Waals surface area contributed by atoms with Gasteiger partial charge in [-0.05, 0) is 58.4 Å². The highest BCUT2D eigenvalue weighted by Crippen LogP contribution is 2.21. The lowest BCUT2D eigenvalue weighted by atomic mass is 10.1. The van der Waals surface area contributed by atoms with E-state index in [-0.39, 0.29) is 11.4 Å². The first kappa shape index (κ1) is 16.0. The van der Waals surface area contributed by atoms with Crippen molar-refractivity contribution in [2.24, 2.45) is 0 Å². The van der Waals surface area contributed by atoms with Crippen molar-refractivity contribution in [3.8, 4) is 0 Å². The van der Waals surface area contributed by atoms with E-state index in [9.17, 15) is 4.79 Å². The number of nitrogens with one attached hydrogen (secondary N) is 2. The van der Waals surface area contributed by atoms with Gasteiger partial charge in [-0.1, -0.05) is 17.7 Å². The van der Waals surface area contributed by atoms with E-state index in [0.29, 0.717) is 5.69 Å². The van der Waals surface area contributed by atoms with Crippen molar-refractivity contribution in [1.82, 2.24) is 10.3 Å². The predicted molar refractivity (Wildman–Crippen MR) is 90.7 cm³/mol. The molecule has 1 aromatic carbocycles. The first-order valence-electron chi connectivity index (χ1n) is 7.37. The van der Waals surface area contributed by atoms with Crippen molar-refractivity contribution in [2.75, 3.05) is 5.32 Å². The molecule has 1 heterocycles. The van der Waals surface area contributed by atoms with Gasteiger partial charge in [0, 0.05) is 11.2 Å². The van der Waals surface area contributed by atoms with Crippen LogP contribution in [0.5, 0.6) is 0 Å². The molecule has 0 saturated heterocycles. The first-order valence-corrected chi connectivity index (χ1v) is 7.37. The number of hydrogen-bond acceptors (Lipinski definition) is 3. The second kappa shape index (κ2) is 6.18. The van der Waals surface area contributed by atoms with E-state index < -0.39 is 0 Å². The fourth-order valence-electron chi connectivity index (χ4n) is 2.12. The molecule has 4 heteroatoms. The number of amides is 1. The van der Waals surface area contributed by atoms with E-state index >= 15 is 0 Å². The van der Waals surface area contributed by atoms with Crippen molar-refractivity contribution in [2.45, 2.75) is 40.2 Å². The maximum Gasteiger partial charge on any atom is 0.270 e. The average Bonchev–Trinajstić information content (AvgIpc) is 2.41. The Hall–Kier alpha value is -2.36. The Balaban J connectivity index is 2.10. The van der Waals surface area contributed by atoms with Crippen molar-refractivity contribution in [3.63, 3.8) is 0 Å². The molecule has 4 nitrogen and oxygen atoms in total. The van der Waals surface area contributed by atoms with Gasteiger partial charge in [-0.25, -0.2) is 4.98 Å². The maximum absolute atomic E-state index is 12.0. The van der Waals surface area contributed by atoms with Gasteiger partial charge in [-0.2, -0.15) is 0 Å². The van der Waals surface area contributed by atoms with Crippen LogP contribution in [0, 0.1) is 13.8 Å². The molecule has 1 amide bonds. The van der Waals surface area contributed by atoms with E-state index in [1.165, 1.54) is 11.1 Å². The number of aryl methyl sites for hydroxylation is 2. The van der Waals surface area contributed by atoms with Gasteiger partial charge < -0.3 is 10.6 Å². The molecule has 0 atom stereocenters. The molecule has 0 unspecified atom stereocenters. The fourth-order valence-corrected chi connectivity index (χ4v) is 2.12. The number of carbonyl (C=O) groups excluding carboxylic acids is 1. The number of benzene rings is 1. The van der Waals surface area contributed by atoms with Gasteiger partial charge >= 0.3 is 0 Å². The summed E-state index contributed by atoms with van der Waals surface area (Å²) >= 11 is 0. The molecular formula is C18H23N3O. The summed E-state index contributed by atoms with van der Waals surface area (Å²) in [7, 11) is 0. The summed E-state index contributed by atoms with van der Waals surface area (Å²) in [6.45, 7) is 9.97. The number of carbonyl (C=O) groups is 1. The number of rotatable bonds is 3.